The van der Waals surface area contributed by atoms with Gasteiger partial charge in [-0.3, -0.25) is 0 Å². The predicted octanol–water partition coefficient (Wildman–Crippen LogP) is 4.79. The molecule has 27 heavy (non-hydrogen) atoms. The number of carbonyl (C=O) groups is 1. The Morgan fingerprint density at radius 3 is 2.93 bits per heavy atom. The molecular formula is C20H22ClFN2O3. The van der Waals surface area contributed by atoms with Crippen molar-refractivity contribution in [2.24, 2.45) is 0 Å². The van der Waals surface area contributed by atoms with Gasteiger partial charge in [0, 0.05) is 19.3 Å². The molecule has 0 saturated carbocycles. The van der Waals surface area contributed by atoms with Crippen LogP contribution in [0.1, 0.15) is 30.3 Å². The maximum Gasteiger partial charge on any atom is 0.322 e. The molecule has 1 aliphatic rings. The van der Waals surface area contributed by atoms with Gasteiger partial charge in [-0.05, 0) is 42.3 Å². The lowest BCUT2D eigenvalue weighted by molar-refractivity contribution is -0.0135. The molecule has 0 aromatic heterocycles. The van der Waals surface area contributed by atoms with Gasteiger partial charge in [0.1, 0.15) is 11.9 Å². The molecule has 2 amide bonds. The number of urea groups is 1. The summed E-state index contributed by atoms with van der Waals surface area (Å²) in [6.45, 7) is 3.18. The molecule has 1 aliphatic heterocycles. The van der Waals surface area contributed by atoms with Crippen LogP contribution in [0.2, 0.25) is 5.02 Å². The molecule has 1 saturated heterocycles. The van der Waals surface area contributed by atoms with Gasteiger partial charge < -0.3 is 19.7 Å². The normalized spacial score (nSPS) is 18.2. The molecule has 1 heterocycles. The van der Waals surface area contributed by atoms with E-state index in [9.17, 15) is 9.18 Å². The summed E-state index contributed by atoms with van der Waals surface area (Å²) in [5.41, 5.74) is 2.43. The summed E-state index contributed by atoms with van der Waals surface area (Å²) in [5.74, 6) is -0.476. The van der Waals surface area contributed by atoms with E-state index >= 15 is 0 Å². The number of nitrogens with one attached hydrogen (secondary N) is 1. The second-order valence-corrected chi connectivity index (χ2v) is 6.82. The summed E-state index contributed by atoms with van der Waals surface area (Å²) in [5, 5.41) is 2.96. The van der Waals surface area contributed by atoms with E-state index in [1.165, 1.54) is 6.07 Å². The van der Waals surface area contributed by atoms with Crippen LogP contribution in [0.4, 0.5) is 14.9 Å². The molecule has 3 rings (SSSR count). The van der Waals surface area contributed by atoms with Gasteiger partial charge >= 0.3 is 6.03 Å². The second kappa shape index (κ2) is 8.69. The number of nitrogens with zero attached hydrogens (tertiary/aromatic N) is 1. The first-order chi connectivity index (χ1) is 13.0. The zero-order valence-electron chi connectivity index (χ0n) is 15.2. The molecule has 0 spiro atoms. The Kier molecular flexibility index (Phi) is 6.31. The van der Waals surface area contributed by atoms with E-state index in [4.69, 9.17) is 21.1 Å². The number of amides is 2. The van der Waals surface area contributed by atoms with Crippen molar-refractivity contribution < 1.29 is 18.7 Å². The highest BCUT2D eigenvalue weighted by atomic mass is 35.5. The fourth-order valence-electron chi connectivity index (χ4n) is 2.96. The van der Waals surface area contributed by atoms with E-state index in [0.717, 1.165) is 11.1 Å². The first-order valence-corrected chi connectivity index (χ1v) is 9.11. The molecule has 2 atom stereocenters. The van der Waals surface area contributed by atoms with Gasteiger partial charge in [0.25, 0.3) is 0 Å². The maximum atomic E-state index is 13.4. The zero-order chi connectivity index (χ0) is 19.4. The van der Waals surface area contributed by atoms with Crippen molar-refractivity contribution in [3.05, 3.63) is 64.4 Å². The largest absolute Gasteiger partial charge is 0.377 e. The third kappa shape index (κ3) is 4.77. The summed E-state index contributed by atoms with van der Waals surface area (Å²) in [6, 6.07) is 11.8. The lowest BCUT2D eigenvalue weighted by atomic mass is 10.1. The lowest BCUT2D eigenvalue weighted by Gasteiger charge is -2.33. The van der Waals surface area contributed by atoms with Gasteiger partial charge in [-0.2, -0.15) is 0 Å². The van der Waals surface area contributed by atoms with Crippen molar-refractivity contribution in [1.29, 1.82) is 0 Å². The van der Waals surface area contributed by atoms with Crippen molar-refractivity contribution >= 4 is 23.3 Å². The van der Waals surface area contributed by atoms with E-state index in [1.54, 1.807) is 24.1 Å². The molecule has 2 aromatic carbocycles. The molecule has 144 valence electrons. The molecule has 0 unspecified atom stereocenters. The van der Waals surface area contributed by atoms with Gasteiger partial charge in [-0.1, -0.05) is 29.8 Å². The Morgan fingerprint density at radius 2 is 2.19 bits per heavy atom. The van der Waals surface area contributed by atoms with Gasteiger partial charge in [0.05, 0.1) is 24.3 Å². The average Bonchev–Trinajstić information content (AvgIpc) is 2.69. The van der Waals surface area contributed by atoms with Gasteiger partial charge in [-0.25, -0.2) is 9.18 Å². The summed E-state index contributed by atoms with van der Waals surface area (Å²) < 4.78 is 24.4. The number of ether oxygens (including phenoxy) is 2. The third-order valence-electron chi connectivity index (χ3n) is 4.63. The Hall–Kier alpha value is -2.15. The molecule has 0 bridgehead atoms. The van der Waals surface area contributed by atoms with E-state index in [-0.39, 0.29) is 23.3 Å². The SMILES string of the molecule is CO[C@@H](C)c1cccc(NC(=O)N2CCO[C@@H](c3ccc(F)c(Cl)c3)C2)c1. The van der Waals surface area contributed by atoms with Crippen LogP contribution in [-0.2, 0) is 9.47 Å². The standard InChI is InChI=1S/C20H22ClFN2O3/c1-13(26-2)14-4-3-5-16(10-14)23-20(25)24-8-9-27-19(12-24)15-6-7-18(22)17(21)11-15/h3-7,10-11,13,19H,8-9,12H2,1-2H3,(H,23,25)/t13-,19+/m0/s1. The number of hydrogen-bond donors (Lipinski definition) is 1. The van der Waals surface area contributed by atoms with Crippen LogP contribution in [0.3, 0.4) is 0 Å². The minimum Gasteiger partial charge on any atom is -0.377 e. The van der Waals surface area contributed by atoms with E-state index in [0.29, 0.717) is 25.4 Å². The Morgan fingerprint density at radius 1 is 1.37 bits per heavy atom. The van der Waals surface area contributed by atoms with E-state index in [1.807, 2.05) is 31.2 Å². The molecule has 2 aromatic rings. The first-order valence-electron chi connectivity index (χ1n) is 8.73. The van der Waals surface area contributed by atoms with Crippen LogP contribution < -0.4 is 5.32 Å². The summed E-state index contributed by atoms with van der Waals surface area (Å²) >= 11 is 5.86. The number of carbonyl (C=O) groups excluding carboxylic acids is 1. The number of methoxy groups -OCH3 is 1. The zero-order valence-corrected chi connectivity index (χ0v) is 16.0. The minimum absolute atomic E-state index is 0.0433. The number of benzene rings is 2. The van der Waals surface area contributed by atoms with E-state index < -0.39 is 5.82 Å². The molecular weight excluding hydrogens is 371 g/mol. The minimum atomic E-state index is -0.476. The van der Waals surface area contributed by atoms with Crippen LogP contribution in [-0.4, -0.2) is 37.7 Å². The molecule has 7 heteroatoms. The topological polar surface area (TPSA) is 50.8 Å². The molecule has 1 fully saturated rings. The predicted molar refractivity (Wildman–Crippen MR) is 103 cm³/mol. The number of halogens is 2. The highest BCUT2D eigenvalue weighted by molar-refractivity contribution is 6.30. The van der Waals surface area contributed by atoms with Crippen molar-refractivity contribution in [2.45, 2.75) is 19.1 Å². The Balaban J connectivity index is 1.67. The number of rotatable bonds is 4. The second-order valence-electron chi connectivity index (χ2n) is 6.41. The van der Waals surface area contributed by atoms with Crippen LogP contribution in [0, 0.1) is 5.82 Å². The van der Waals surface area contributed by atoms with Gasteiger partial charge in [0.2, 0.25) is 0 Å². The molecule has 5 nitrogen and oxygen atoms in total. The highest BCUT2D eigenvalue weighted by Crippen LogP contribution is 2.27. The fraction of sp³-hybridized carbons (Fsp3) is 0.350. The summed E-state index contributed by atoms with van der Waals surface area (Å²) in [7, 11) is 1.64. The Bertz CT molecular complexity index is 818. The van der Waals surface area contributed by atoms with Crippen molar-refractivity contribution in [3.8, 4) is 0 Å². The molecule has 0 radical (unpaired) electrons. The lowest BCUT2D eigenvalue weighted by Crippen LogP contribution is -2.44. The quantitative estimate of drug-likeness (QED) is 0.813. The molecule has 0 aliphatic carbocycles. The average molecular weight is 393 g/mol. The summed E-state index contributed by atoms with van der Waals surface area (Å²) in [4.78, 5) is 14.3. The van der Waals surface area contributed by atoms with Crippen LogP contribution >= 0.6 is 11.6 Å². The van der Waals surface area contributed by atoms with Gasteiger partial charge in [0.15, 0.2) is 0 Å². The summed E-state index contributed by atoms with van der Waals surface area (Å²) in [6.07, 6.45) is -0.403. The third-order valence-corrected chi connectivity index (χ3v) is 4.92. The number of morpholine rings is 1. The van der Waals surface area contributed by atoms with Crippen molar-refractivity contribution in [2.75, 3.05) is 32.1 Å². The van der Waals surface area contributed by atoms with E-state index in [2.05, 4.69) is 5.32 Å². The number of anilines is 1. The highest BCUT2D eigenvalue weighted by Gasteiger charge is 2.26. The molecule has 1 N–H and O–H groups in total. The van der Waals surface area contributed by atoms with Crippen molar-refractivity contribution in [1.82, 2.24) is 4.90 Å². The smallest absolute Gasteiger partial charge is 0.322 e. The van der Waals surface area contributed by atoms with Crippen LogP contribution in [0.5, 0.6) is 0 Å². The fourth-order valence-corrected chi connectivity index (χ4v) is 3.14. The van der Waals surface area contributed by atoms with Gasteiger partial charge in [-0.15, -0.1) is 0 Å². The maximum absolute atomic E-state index is 13.4. The van der Waals surface area contributed by atoms with Crippen LogP contribution in [0.25, 0.3) is 0 Å². The number of hydrogen-bond acceptors (Lipinski definition) is 3. The first kappa shape index (κ1) is 19.6. The monoisotopic (exact) mass is 392 g/mol. The van der Waals surface area contributed by atoms with Crippen molar-refractivity contribution in [3.63, 3.8) is 0 Å². The van der Waals surface area contributed by atoms with Crippen LogP contribution in [0.15, 0.2) is 42.5 Å². The Labute approximate surface area is 163 Å².